The number of carbonyl (C=O) groups excluding carboxylic acids is 1. The van der Waals surface area contributed by atoms with Crippen LogP contribution in [0.5, 0.6) is 5.75 Å². The largest absolute Gasteiger partial charge is 0.492 e. The summed E-state index contributed by atoms with van der Waals surface area (Å²) in [4.78, 5) is 13.9. The molecule has 0 bridgehead atoms. The van der Waals surface area contributed by atoms with Crippen molar-refractivity contribution in [1.29, 1.82) is 0 Å². The summed E-state index contributed by atoms with van der Waals surface area (Å²) in [6, 6.07) is 5.70. The zero-order chi connectivity index (χ0) is 15.8. The van der Waals surface area contributed by atoms with Crippen molar-refractivity contribution in [2.24, 2.45) is 5.92 Å². The van der Waals surface area contributed by atoms with Crippen molar-refractivity contribution in [1.82, 2.24) is 10.2 Å². The van der Waals surface area contributed by atoms with Gasteiger partial charge in [-0.25, -0.2) is 4.39 Å². The van der Waals surface area contributed by atoms with Crippen LogP contribution in [0.3, 0.4) is 0 Å². The molecule has 0 saturated heterocycles. The quantitative estimate of drug-likeness (QED) is 0.800. The molecular weight excluding hydrogens is 271 g/mol. The average Bonchev–Trinajstić information content (AvgIpc) is 2.45. The molecule has 0 spiro atoms. The van der Waals surface area contributed by atoms with Crippen molar-refractivity contribution in [3.63, 3.8) is 0 Å². The first kappa shape index (κ1) is 17.4. The molecule has 118 valence electrons. The molecule has 1 atom stereocenters. The van der Waals surface area contributed by atoms with Gasteiger partial charge in [-0.15, -0.1) is 0 Å². The van der Waals surface area contributed by atoms with Gasteiger partial charge < -0.3 is 10.1 Å². The van der Waals surface area contributed by atoms with Gasteiger partial charge in [0.05, 0.1) is 6.04 Å². The molecule has 1 amide bonds. The summed E-state index contributed by atoms with van der Waals surface area (Å²) in [5.74, 6) is 0.804. The second-order valence-electron chi connectivity index (χ2n) is 5.60. The van der Waals surface area contributed by atoms with Gasteiger partial charge in [-0.3, -0.25) is 9.69 Å². The summed E-state index contributed by atoms with van der Waals surface area (Å²) in [5, 5.41) is 2.91. The highest BCUT2D eigenvalue weighted by molar-refractivity contribution is 5.81. The summed E-state index contributed by atoms with van der Waals surface area (Å²) < 4.78 is 18.3. The molecule has 5 heteroatoms. The smallest absolute Gasteiger partial charge is 0.237 e. The lowest BCUT2D eigenvalue weighted by atomic mass is 10.2. The van der Waals surface area contributed by atoms with Crippen LogP contribution in [0.4, 0.5) is 4.39 Å². The first-order valence-corrected chi connectivity index (χ1v) is 7.26. The van der Waals surface area contributed by atoms with Gasteiger partial charge in [-0.2, -0.15) is 0 Å². The number of benzene rings is 1. The second-order valence-corrected chi connectivity index (χ2v) is 5.60. The minimum absolute atomic E-state index is 0.0213. The Morgan fingerprint density at radius 3 is 2.48 bits per heavy atom. The summed E-state index contributed by atoms with van der Waals surface area (Å²) in [6.45, 7) is 7.74. The van der Waals surface area contributed by atoms with Crippen molar-refractivity contribution in [2.75, 3.05) is 26.7 Å². The Hall–Kier alpha value is -1.62. The van der Waals surface area contributed by atoms with Crippen LogP contribution in [0.25, 0.3) is 0 Å². The molecule has 1 aromatic carbocycles. The molecule has 0 saturated carbocycles. The van der Waals surface area contributed by atoms with E-state index in [0.29, 0.717) is 31.4 Å². The number of amides is 1. The Morgan fingerprint density at radius 2 is 1.90 bits per heavy atom. The van der Waals surface area contributed by atoms with Crippen LogP contribution in [0, 0.1) is 11.7 Å². The van der Waals surface area contributed by atoms with Gasteiger partial charge in [0.2, 0.25) is 5.91 Å². The fourth-order valence-electron chi connectivity index (χ4n) is 1.68. The van der Waals surface area contributed by atoms with E-state index >= 15 is 0 Å². The highest BCUT2D eigenvalue weighted by Gasteiger charge is 2.17. The van der Waals surface area contributed by atoms with Crippen LogP contribution in [0.1, 0.15) is 20.8 Å². The second kappa shape index (κ2) is 8.62. The Balaban J connectivity index is 2.30. The number of hydrogen-bond donors (Lipinski definition) is 1. The first-order valence-electron chi connectivity index (χ1n) is 7.26. The van der Waals surface area contributed by atoms with Crippen molar-refractivity contribution in [3.8, 4) is 5.75 Å². The molecule has 0 heterocycles. The topological polar surface area (TPSA) is 41.6 Å². The van der Waals surface area contributed by atoms with E-state index in [1.165, 1.54) is 12.1 Å². The van der Waals surface area contributed by atoms with Gasteiger partial charge in [-0.05, 0) is 44.2 Å². The molecule has 0 aromatic heterocycles. The third-order valence-corrected chi connectivity index (χ3v) is 3.25. The minimum atomic E-state index is -0.282. The van der Waals surface area contributed by atoms with E-state index < -0.39 is 0 Å². The molecule has 4 nitrogen and oxygen atoms in total. The fraction of sp³-hybridized carbons (Fsp3) is 0.562. The van der Waals surface area contributed by atoms with Gasteiger partial charge in [0.1, 0.15) is 18.2 Å². The lowest BCUT2D eigenvalue weighted by Gasteiger charge is -2.24. The van der Waals surface area contributed by atoms with Crippen molar-refractivity contribution < 1.29 is 13.9 Å². The zero-order valence-electron chi connectivity index (χ0n) is 13.2. The highest BCUT2D eigenvalue weighted by atomic mass is 19.1. The summed E-state index contributed by atoms with van der Waals surface area (Å²) in [5.41, 5.74) is 0. The van der Waals surface area contributed by atoms with E-state index in [9.17, 15) is 9.18 Å². The number of halogens is 1. The molecule has 1 rings (SSSR count). The third kappa shape index (κ3) is 6.58. The first-order chi connectivity index (χ1) is 9.90. The summed E-state index contributed by atoms with van der Waals surface area (Å²) in [7, 11) is 1.88. The zero-order valence-corrected chi connectivity index (χ0v) is 13.2. The van der Waals surface area contributed by atoms with Gasteiger partial charge in [0.15, 0.2) is 0 Å². The monoisotopic (exact) mass is 296 g/mol. The number of likely N-dealkylation sites (N-methyl/N-ethyl adjacent to an activating group) is 1. The molecular formula is C16H25FN2O2. The molecule has 1 aromatic rings. The average molecular weight is 296 g/mol. The maximum atomic E-state index is 12.8. The third-order valence-electron chi connectivity index (χ3n) is 3.25. The maximum absolute atomic E-state index is 12.8. The SMILES string of the molecule is CC(C)CNC(=O)[C@@H](C)N(C)CCOc1ccc(F)cc1. The van der Waals surface area contributed by atoms with E-state index in [1.807, 2.05) is 18.9 Å². The Kier molecular flexibility index (Phi) is 7.15. The van der Waals surface area contributed by atoms with Crippen molar-refractivity contribution >= 4 is 5.91 Å². The Morgan fingerprint density at radius 1 is 1.29 bits per heavy atom. The fourth-order valence-corrected chi connectivity index (χ4v) is 1.68. The van der Waals surface area contributed by atoms with Crippen LogP contribution < -0.4 is 10.1 Å². The number of rotatable bonds is 8. The Labute approximate surface area is 126 Å². The van der Waals surface area contributed by atoms with Crippen LogP contribution in [0.15, 0.2) is 24.3 Å². The van der Waals surface area contributed by atoms with Gasteiger partial charge in [-0.1, -0.05) is 13.8 Å². The molecule has 0 unspecified atom stereocenters. The number of hydrogen-bond acceptors (Lipinski definition) is 3. The molecule has 0 radical (unpaired) electrons. The van der Waals surface area contributed by atoms with Crippen LogP contribution >= 0.6 is 0 Å². The predicted molar refractivity (Wildman–Crippen MR) is 81.8 cm³/mol. The number of ether oxygens (including phenoxy) is 1. The van der Waals surface area contributed by atoms with E-state index in [4.69, 9.17) is 4.74 Å². The van der Waals surface area contributed by atoms with Gasteiger partial charge in [0, 0.05) is 13.1 Å². The van der Waals surface area contributed by atoms with E-state index in [2.05, 4.69) is 19.2 Å². The van der Waals surface area contributed by atoms with Gasteiger partial charge >= 0.3 is 0 Å². The lowest BCUT2D eigenvalue weighted by Crippen LogP contribution is -2.45. The van der Waals surface area contributed by atoms with E-state index in [-0.39, 0.29) is 17.8 Å². The van der Waals surface area contributed by atoms with E-state index in [0.717, 1.165) is 0 Å². The molecule has 1 N–H and O–H groups in total. The summed E-state index contributed by atoms with van der Waals surface area (Å²) >= 11 is 0. The van der Waals surface area contributed by atoms with Crippen molar-refractivity contribution in [3.05, 3.63) is 30.1 Å². The molecule has 0 aliphatic rings. The van der Waals surface area contributed by atoms with E-state index in [1.54, 1.807) is 12.1 Å². The van der Waals surface area contributed by atoms with Crippen molar-refractivity contribution in [2.45, 2.75) is 26.8 Å². The molecule has 21 heavy (non-hydrogen) atoms. The summed E-state index contributed by atoms with van der Waals surface area (Å²) in [6.07, 6.45) is 0. The van der Waals surface area contributed by atoms with Crippen LogP contribution in [0.2, 0.25) is 0 Å². The van der Waals surface area contributed by atoms with Gasteiger partial charge in [0.25, 0.3) is 0 Å². The number of carbonyl (C=O) groups is 1. The lowest BCUT2D eigenvalue weighted by molar-refractivity contribution is -0.125. The predicted octanol–water partition coefficient (Wildman–Crippen LogP) is 2.30. The molecule has 0 fully saturated rings. The number of nitrogens with one attached hydrogen (secondary N) is 1. The standard InChI is InChI=1S/C16H25FN2O2/c1-12(2)11-18-16(20)13(3)19(4)9-10-21-15-7-5-14(17)6-8-15/h5-8,12-13H,9-11H2,1-4H3,(H,18,20)/t13-/m1/s1. The van der Waals surface area contributed by atoms with Crippen LogP contribution in [-0.2, 0) is 4.79 Å². The molecule has 0 aliphatic carbocycles. The molecule has 0 aliphatic heterocycles. The minimum Gasteiger partial charge on any atom is -0.492 e. The number of nitrogens with zero attached hydrogens (tertiary/aromatic N) is 1. The van der Waals surface area contributed by atoms with Crippen LogP contribution in [-0.4, -0.2) is 43.6 Å². The normalized spacial score (nSPS) is 12.5. The highest BCUT2D eigenvalue weighted by Crippen LogP contribution is 2.10. The Bertz CT molecular complexity index is 434. The maximum Gasteiger partial charge on any atom is 0.237 e.